The number of tetrazole rings is 1. The summed E-state index contributed by atoms with van der Waals surface area (Å²) in [6.45, 7) is 9.08. The maximum atomic E-state index is 12.4. The number of piperazine rings is 1. The van der Waals surface area contributed by atoms with Crippen LogP contribution in [0.15, 0.2) is 30.3 Å². The van der Waals surface area contributed by atoms with Crippen LogP contribution in [0, 0.1) is 5.92 Å². The molecule has 128 valence electrons. The number of aromatic nitrogens is 4. The second-order valence-electron chi connectivity index (χ2n) is 6.58. The Morgan fingerprint density at radius 1 is 1.12 bits per heavy atom. The van der Waals surface area contributed by atoms with Gasteiger partial charge >= 0.3 is 0 Å². The molecule has 24 heavy (non-hydrogen) atoms. The van der Waals surface area contributed by atoms with Crippen molar-refractivity contribution in [1.82, 2.24) is 30.0 Å². The third-order valence-corrected chi connectivity index (χ3v) is 4.11. The number of hydrogen-bond donors (Lipinski definition) is 0. The molecule has 7 heteroatoms. The first-order chi connectivity index (χ1) is 11.6. The summed E-state index contributed by atoms with van der Waals surface area (Å²) in [6, 6.07) is 9.65. The third kappa shape index (κ3) is 4.17. The molecule has 0 radical (unpaired) electrons. The zero-order valence-electron chi connectivity index (χ0n) is 14.3. The van der Waals surface area contributed by atoms with Crippen molar-refractivity contribution in [2.45, 2.75) is 20.4 Å². The van der Waals surface area contributed by atoms with E-state index in [2.05, 4.69) is 34.2 Å². The van der Waals surface area contributed by atoms with Gasteiger partial charge in [0.2, 0.25) is 11.7 Å². The fourth-order valence-corrected chi connectivity index (χ4v) is 2.93. The molecule has 1 aliphatic heterocycles. The van der Waals surface area contributed by atoms with Gasteiger partial charge in [0.1, 0.15) is 6.54 Å². The minimum absolute atomic E-state index is 0.0520. The summed E-state index contributed by atoms with van der Waals surface area (Å²) in [7, 11) is 0. The molecule has 1 aromatic heterocycles. The second-order valence-corrected chi connectivity index (χ2v) is 6.58. The molecular weight excluding hydrogens is 304 g/mol. The van der Waals surface area contributed by atoms with Crippen LogP contribution in [0.25, 0.3) is 11.4 Å². The van der Waals surface area contributed by atoms with E-state index in [4.69, 9.17) is 0 Å². The first-order valence-electron chi connectivity index (χ1n) is 8.45. The highest BCUT2D eigenvalue weighted by Gasteiger charge is 2.22. The Hall–Kier alpha value is -2.28. The lowest BCUT2D eigenvalue weighted by Gasteiger charge is -2.35. The van der Waals surface area contributed by atoms with E-state index >= 15 is 0 Å². The van der Waals surface area contributed by atoms with Crippen LogP contribution in [0.4, 0.5) is 0 Å². The molecule has 1 fully saturated rings. The Morgan fingerprint density at radius 2 is 1.83 bits per heavy atom. The van der Waals surface area contributed by atoms with Gasteiger partial charge in [0.25, 0.3) is 0 Å². The number of hydrogen-bond acceptors (Lipinski definition) is 5. The highest BCUT2D eigenvalue weighted by molar-refractivity contribution is 5.76. The average molecular weight is 328 g/mol. The predicted octanol–water partition coefficient (Wildman–Crippen LogP) is 1.14. The summed E-state index contributed by atoms with van der Waals surface area (Å²) >= 11 is 0. The molecule has 0 aliphatic carbocycles. The van der Waals surface area contributed by atoms with Gasteiger partial charge in [-0.25, -0.2) is 0 Å². The minimum atomic E-state index is 0.0520. The van der Waals surface area contributed by atoms with Gasteiger partial charge in [0.05, 0.1) is 0 Å². The molecule has 1 aromatic carbocycles. The van der Waals surface area contributed by atoms with Crippen LogP contribution in [-0.4, -0.2) is 68.6 Å². The molecule has 0 saturated carbocycles. The van der Waals surface area contributed by atoms with Gasteiger partial charge < -0.3 is 4.90 Å². The summed E-state index contributed by atoms with van der Waals surface area (Å²) < 4.78 is 0. The van der Waals surface area contributed by atoms with Crippen LogP contribution in [0.2, 0.25) is 0 Å². The van der Waals surface area contributed by atoms with Gasteiger partial charge in [-0.2, -0.15) is 4.80 Å². The smallest absolute Gasteiger partial charge is 0.246 e. The number of nitrogens with zero attached hydrogens (tertiary/aromatic N) is 6. The summed E-state index contributed by atoms with van der Waals surface area (Å²) in [5.74, 6) is 1.25. The molecule has 2 heterocycles. The lowest BCUT2D eigenvalue weighted by atomic mass is 10.2. The normalized spacial score (nSPS) is 15.9. The zero-order valence-corrected chi connectivity index (χ0v) is 14.3. The van der Waals surface area contributed by atoms with Crippen molar-refractivity contribution in [3.63, 3.8) is 0 Å². The fraction of sp³-hybridized carbons (Fsp3) is 0.529. The molecule has 1 aliphatic rings. The highest BCUT2D eigenvalue weighted by Crippen LogP contribution is 2.12. The van der Waals surface area contributed by atoms with E-state index in [1.54, 1.807) is 0 Å². The number of amides is 1. The molecule has 0 atom stereocenters. The summed E-state index contributed by atoms with van der Waals surface area (Å²) in [6.07, 6.45) is 0. The Bertz CT molecular complexity index is 661. The van der Waals surface area contributed by atoms with Crippen LogP contribution in [0.3, 0.4) is 0 Å². The van der Waals surface area contributed by atoms with E-state index in [9.17, 15) is 4.79 Å². The van der Waals surface area contributed by atoms with Gasteiger partial charge in [-0.3, -0.25) is 9.69 Å². The van der Waals surface area contributed by atoms with Gasteiger partial charge in [0, 0.05) is 38.3 Å². The fourth-order valence-electron chi connectivity index (χ4n) is 2.93. The number of carbonyl (C=O) groups is 1. The minimum Gasteiger partial charge on any atom is -0.338 e. The van der Waals surface area contributed by atoms with Crippen LogP contribution in [0.1, 0.15) is 13.8 Å². The molecule has 1 saturated heterocycles. The summed E-state index contributed by atoms with van der Waals surface area (Å²) in [4.78, 5) is 18.1. The number of rotatable bonds is 5. The first-order valence-corrected chi connectivity index (χ1v) is 8.45. The molecular formula is C17H24N6O. The van der Waals surface area contributed by atoms with E-state index < -0.39 is 0 Å². The standard InChI is InChI=1S/C17H24N6O/c1-14(2)12-21-8-10-22(11-9-21)16(24)13-23-19-17(18-20-23)15-6-4-3-5-7-15/h3-7,14H,8-13H2,1-2H3. The van der Waals surface area contributed by atoms with Crippen molar-refractivity contribution in [2.24, 2.45) is 5.92 Å². The van der Waals surface area contributed by atoms with Crippen LogP contribution in [0.5, 0.6) is 0 Å². The molecule has 0 unspecified atom stereocenters. The maximum Gasteiger partial charge on any atom is 0.246 e. The Kier molecular flexibility index (Phi) is 5.20. The van der Waals surface area contributed by atoms with E-state index in [1.807, 2.05) is 35.2 Å². The van der Waals surface area contributed by atoms with E-state index in [0.29, 0.717) is 11.7 Å². The zero-order chi connectivity index (χ0) is 16.9. The van der Waals surface area contributed by atoms with Gasteiger partial charge in [-0.05, 0) is 11.1 Å². The molecule has 0 N–H and O–H groups in total. The van der Waals surface area contributed by atoms with Crippen LogP contribution >= 0.6 is 0 Å². The molecule has 3 rings (SSSR count). The van der Waals surface area contributed by atoms with Crippen molar-refractivity contribution >= 4 is 5.91 Å². The van der Waals surface area contributed by atoms with E-state index in [-0.39, 0.29) is 12.5 Å². The second kappa shape index (κ2) is 7.53. The predicted molar refractivity (Wildman–Crippen MR) is 91.1 cm³/mol. The van der Waals surface area contributed by atoms with Gasteiger partial charge in [0.15, 0.2) is 0 Å². The van der Waals surface area contributed by atoms with E-state index in [0.717, 1.165) is 38.3 Å². The van der Waals surface area contributed by atoms with Gasteiger partial charge in [-0.15, -0.1) is 10.2 Å². The van der Waals surface area contributed by atoms with Crippen LogP contribution < -0.4 is 0 Å². The Labute approximate surface area is 142 Å². The number of carbonyl (C=O) groups excluding carboxylic acids is 1. The molecule has 0 bridgehead atoms. The summed E-state index contributed by atoms with van der Waals surface area (Å²) in [5.41, 5.74) is 0.901. The molecule has 1 amide bonds. The van der Waals surface area contributed by atoms with Gasteiger partial charge in [-0.1, -0.05) is 44.2 Å². The Balaban J connectivity index is 1.54. The van der Waals surface area contributed by atoms with E-state index in [1.165, 1.54) is 4.80 Å². The molecule has 7 nitrogen and oxygen atoms in total. The highest BCUT2D eigenvalue weighted by atomic mass is 16.2. The first kappa shape index (κ1) is 16.6. The third-order valence-electron chi connectivity index (χ3n) is 4.11. The van der Waals surface area contributed by atoms with Crippen molar-refractivity contribution in [1.29, 1.82) is 0 Å². The monoisotopic (exact) mass is 328 g/mol. The topological polar surface area (TPSA) is 67.2 Å². The molecule has 2 aromatic rings. The van der Waals surface area contributed by atoms with Crippen molar-refractivity contribution in [3.8, 4) is 11.4 Å². The summed E-state index contributed by atoms with van der Waals surface area (Å²) in [5, 5.41) is 12.3. The molecule has 0 spiro atoms. The van der Waals surface area contributed by atoms with Crippen molar-refractivity contribution < 1.29 is 4.79 Å². The van der Waals surface area contributed by atoms with Crippen molar-refractivity contribution in [3.05, 3.63) is 30.3 Å². The Morgan fingerprint density at radius 3 is 2.50 bits per heavy atom. The number of benzene rings is 1. The maximum absolute atomic E-state index is 12.4. The average Bonchev–Trinajstić information content (AvgIpc) is 3.04. The van der Waals surface area contributed by atoms with Crippen molar-refractivity contribution in [2.75, 3.05) is 32.7 Å². The largest absolute Gasteiger partial charge is 0.338 e. The lowest BCUT2D eigenvalue weighted by Crippen LogP contribution is -2.50. The van der Waals surface area contributed by atoms with Crippen LogP contribution in [-0.2, 0) is 11.3 Å². The SMILES string of the molecule is CC(C)CN1CCN(C(=O)Cn2nnc(-c3ccccc3)n2)CC1. The lowest BCUT2D eigenvalue weighted by molar-refractivity contribution is -0.134. The quantitative estimate of drug-likeness (QED) is 0.823.